The van der Waals surface area contributed by atoms with Crippen molar-refractivity contribution in [3.63, 3.8) is 0 Å². The predicted molar refractivity (Wildman–Crippen MR) is 110 cm³/mol. The van der Waals surface area contributed by atoms with Crippen LogP contribution in [0.15, 0.2) is 53.3 Å². The minimum atomic E-state index is -0.416. The molecular weight excluding hydrogens is 368 g/mol. The van der Waals surface area contributed by atoms with E-state index in [0.29, 0.717) is 23.3 Å². The van der Waals surface area contributed by atoms with E-state index < -0.39 is 5.92 Å². The molecule has 29 heavy (non-hydrogen) atoms. The topological polar surface area (TPSA) is 86.4 Å². The standard InChI is InChI=1S/C22H22N4O3/c1-14-7-9-16(10-8-14)26-12-15(11-20(26)27)22(29)25(2)13-19-23-18-6-4-3-5-17(18)21(28)24-19/h3-10,15H,11-13H2,1-2H3,(H,23,24,28)/t15-/m0/s1. The van der Waals surface area contributed by atoms with Crippen LogP contribution in [0.3, 0.4) is 0 Å². The van der Waals surface area contributed by atoms with Crippen LogP contribution in [0.4, 0.5) is 5.69 Å². The Morgan fingerprint density at radius 1 is 1.17 bits per heavy atom. The number of nitrogens with zero attached hydrogens (tertiary/aromatic N) is 3. The van der Waals surface area contributed by atoms with E-state index in [2.05, 4.69) is 9.97 Å². The molecule has 4 rings (SSSR count). The Morgan fingerprint density at radius 2 is 1.90 bits per heavy atom. The number of benzene rings is 2. The van der Waals surface area contributed by atoms with Crippen molar-refractivity contribution in [3.05, 3.63) is 70.3 Å². The monoisotopic (exact) mass is 390 g/mol. The molecule has 0 bridgehead atoms. The summed E-state index contributed by atoms with van der Waals surface area (Å²) >= 11 is 0. The highest BCUT2D eigenvalue weighted by Crippen LogP contribution is 2.26. The first-order chi connectivity index (χ1) is 13.9. The summed E-state index contributed by atoms with van der Waals surface area (Å²) < 4.78 is 0. The zero-order valence-electron chi connectivity index (χ0n) is 16.4. The highest BCUT2D eigenvalue weighted by atomic mass is 16.2. The molecule has 2 aromatic carbocycles. The molecule has 2 heterocycles. The maximum Gasteiger partial charge on any atom is 0.258 e. The highest BCUT2D eigenvalue weighted by molar-refractivity contribution is 6.00. The predicted octanol–water partition coefficient (Wildman–Crippen LogP) is 2.24. The molecule has 148 valence electrons. The SMILES string of the molecule is Cc1ccc(N2C[C@@H](C(=O)N(C)Cc3nc4ccccc4c(=O)[nH]3)CC2=O)cc1. The first-order valence-electron chi connectivity index (χ1n) is 9.52. The minimum Gasteiger partial charge on any atom is -0.338 e. The number of rotatable bonds is 4. The molecule has 1 fully saturated rings. The average molecular weight is 390 g/mol. The van der Waals surface area contributed by atoms with E-state index in [1.54, 1.807) is 30.1 Å². The van der Waals surface area contributed by atoms with Crippen molar-refractivity contribution in [1.29, 1.82) is 0 Å². The van der Waals surface area contributed by atoms with Crippen molar-refractivity contribution in [2.75, 3.05) is 18.5 Å². The van der Waals surface area contributed by atoms with Crippen LogP contribution in [0.5, 0.6) is 0 Å². The Labute approximate surface area is 168 Å². The zero-order chi connectivity index (χ0) is 20.5. The van der Waals surface area contributed by atoms with Crippen molar-refractivity contribution in [2.24, 2.45) is 5.92 Å². The number of fused-ring (bicyclic) bond motifs is 1. The molecule has 1 N–H and O–H groups in total. The minimum absolute atomic E-state index is 0.0576. The van der Waals surface area contributed by atoms with Gasteiger partial charge in [0.2, 0.25) is 11.8 Å². The van der Waals surface area contributed by atoms with Gasteiger partial charge < -0.3 is 14.8 Å². The number of carbonyl (C=O) groups excluding carboxylic acids is 2. The number of hydrogen-bond donors (Lipinski definition) is 1. The van der Waals surface area contributed by atoms with Crippen LogP contribution in [-0.2, 0) is 16.1 Å². The fourth-order valence-corrected chi connectivity index (χ4v) is 3.67. The third kappa shape index (κ3) is 3.76. The number of nitrogens with one attached hydrogen (secondary N) is 1. The van der Waals surface area contributed by atoms with Crippen molar-refractivity contribution in [1.82, 2.24) is 14.9 Å². The van der Waals surface area contributed by atoms with Gasteiger partial charge in [-0.25, -0.2) is 4.98 Å². The molecule has 0 aliphatic carbocycles. The largest absolute Gasteiger partial charge is 0.338 e. The first kappa shape index (κ1) is 18.9. The van der Waals surface area contributed by atoms with Gasteiger partial charge in [-0.3, -0.25) is 14.4 Å². The number of amides is 2. The van der Waals surface area contributed by atoms with Crippen LogP contribution < -0.4 is 10.5 Å². The number of H-pyrrole nitrogens is 1. The molecule has 1 atom stereocenters. The van der Waals surface area contributed by atoms with Crippen molar-refractivity contribution in [2.45, 2.75) is 19.9 Å². The second-order valence-electron chi connectivity index (χ2n) is 7.47. The third-order valence-corrected chi connectivity index (χ3v) is 5.24. The molecule has 7 heteroatoms. The third-order valence-electron chi connectivity index (χ3n) is 5.24. The summed E-state index contributed by atoms with van der Waals surface area (Å²) in [5, 5.41) is 0.514. The fraction of sp³-hybridized carbons (Fsp3) is 0.273. The Bertz CT molecular complexity index is 1140. The van der Waals surface area contributed by atoms with Crippen LogP contribution in [-0.4, -0.2) is 40.3 Å². The Balaban J connectivity index is 1.48. The van der Waals surface area contributed by atoms with Gasteiger partial charge in [0.1, 0.15) is 5.82 Å². The van der Waals surface area contributed by atoms with Gasteiger partial charge in [0.05, 0.1) is 23.4 Å². The number of aromatic amines is 1. The molecule has 1 aliphatic heterocycles. The van der Waals surface area contributed by atoms with Crippen molar-refractivity contribution < 1.29 is 9.59 Å². The van der Waals surface area contributed by atoms with Crippen molar-refractivity contribution in [3.8, 4) is 0 Å². The van der Waals surface area contributed by atoms with Gasteiger partial charge in [-0.1, -0.05) is 29.8 Å². The summed E-state index contributed by atoms with van der Waals surface area (Å²) in [7, 11) is 1.66. The molecule has 0 saturated carbocycles. The van der Waals surface area contributed by atoms with Gasteiger partial charge in [0, 0.05) is 25.7 Å². The maximum absolute atomic E-state index is 12.9. The van der Waals surface area contributed by atoms with E-state index >= 15 is 0 Å². The number of carbonyl (C=O) groups is 2. The van der Waals surface area contributed by atoms with Crippen LogP contribution >= 0.6 is 0 Å². The molecule has 0 spiro atoms. The van der Waals surface area contributed by atoms with Crippen LogP contribution in [0.25, 0.3) is 10.9 Å². The summed E-state index contributed by atoms with van der Waals surface area (Å²) in [5.41, 5.74) is 2.28. The fourth-order valence-electron chi connectivity index (χ4n) is 3.67. The van der Waals surface area contributed by atoms with E-state index in [1.807, 2.05) is 37.3 Å². The molecule has 1 aromatic heterocycles. The van der Waals surface area contributed by atoms with E-state index in [9.17, 15) is 14.4 Å². The summed E-state index contributed by atoms with van der Waals surface area (Å²) in [6, 6.07) is 14.8. The summed E-state index contributed by atoms with van der Waals surface area (Å²) in [6.45, 7) is 2.52. The van der Waals surface area contributed by atoms with Gasteiger partial charge in [-0.2, -0.15) is 0 Å². The molecular formula is C22H22N4O3. The number of para-hydroxylation sites is 1. The Morgan fingerprint density at radius 3 is 2.66 bits per heavy atom. The van der Waals surface area contributed by atoms with Gasteiger partial charge in [-0.15, -0.1) is 0 Å². The highest BCUT2D eigenvalue weighted by Gasteiger charge is 2.36. The molecule has 0 radical (unpaired) electrons. The summed E-state index contributed by atoms with van der Waals surface area (Å²) in [4.78, 5) is 47.9. The second-order valence-corrected chi connectivity index (χ2v) is 7.47. The Kier molecular flexibility index (Phi) is 4.88. The van der Waals surface area contributed by atoms with Gasteiger partial charge in [-0.05, 0) is 31.2 Å². The van der Waals surface area contributed by atoms with Gasteiger partial charge in [0.15, 0.2) is 0 Å². The lowest BCUT2D eigenvalue weighted by molar-refractivity contribution is -0.135. The number of anilines is 1. The van der Waals surface area contributed by atoms with Crippen molar-refractivity contribution >= 4 is 28.4 Å². The smallest absolute Gasteiger partial charge is 0.258 e. The van der Waals surface area contributed by atoms with E-state index in [0.717, 1.165) is 11.3 Å². The second kappa shape index (κ2) is 7.50. The number of aromatic nitrogens is 2. The molecule has 0 unspecified atom stereocenters. The van der Waals surface area contributed by atoms with E-state index in [-0.39, 0.29) is 30.3 Å². The molecule has 2 amide bonds. The molecule has 1 aliphatic rings. The normalized spacial score (nSPS) is 16.4. The number of aryl methyl sites for hydroxylation is 1. The van der Waals surface area contributed by atoms with E-state index in [4.69, 9.17) is 0 Å². The quantitative estimate of drug-likeness (QED) is 0.740. The summed E-state index contributed by atoms with van der Waals surface area (Å²) in [5.74, 6) is -0.188. The molecule has 7 nitrogen and oxygen atoms in total. The van der Waals surface area contributed by atoms with Crippen LogP contribution in [0.1, 0.15) is 17.8 Å². The average Bonchev–Trinajstić information content (AvgIpc) is 3.09. The maximum atomic E-state index is 12.9. The summed E-state index contributed by atoms with van der Waals surface area (Å²) in [6.07, 6.45) is 0.179. The van der Waals surface area contributed by atoms with E-state index in [1.165, 1.54) is 4.90 Å². The lowest BCUT2D eigenvalue weighted by Gasteiger charge is -2.21. The van der Waals surface area contributed by atoms with Crippen LogP contribution in [0.2, 0.25) is 0 Å². The van der Waals surface area contributed by atoms with Crippen LogP contribution in [0, 0.1) is 12.8 Å². The lowest BCUT2D eigenvalue weighted by Crippen LogP contribution is -2.35. The van der Waals surface area contributed by atoms with Gasteiger partial charge >= 0.3 is 0 Å². The molecule has 3 aromatic rings. The Hall–Kier alpha value is -3.48. The zero-order valence-corrected chi connectivity index (χ0v) is 16.4. The first-order valence-corrected chi connectivity index (χ1v) is 9.52. The number of hydrogen-bond acceptors (Lipinski definition) is 4. The lowest BCUT2D eigenvalue weighted by atomic mass is 10.1. The molecule has 1 saturated heterocycles. The van der Waals surface area contributed by atoms with Gasteiger partial charge in [0.25, 0.3) is 5.56 Å².